The van der Waals surface area contributed by atoms with Crippen LogP contribution < -0.4 is 4.90 Å². The summed E-state index contributed by atoms with van der Waals surface area (Å²) in [5, 5.41) is 20.0. The minimum atomic E-state index is 0.904. The van der Waals surface area contributed by atoms with E-state index in [1.165, 1.54) is 81.0 Å². The summed E-state index contributed by atoms with van der Waals surface area (Å²) in [6, 6.07) is 73.6. The Morgan fingerprint density at radius 3 is 1.50 bits per heavy atom. The molecular weight excluding hydrogens is 703 g/mol. The fraction of sp³-hybridized carbons (Fsp3) is 0. The molecule has 0 unspecified atom stereocenters. The molecule has 0 aliphatic heterocycles. The molecule has 0 saturated heterocycles. The zero-order valence-electron chi connectivity index (χ0n) is 31.4. The van der Waals surface area contributed by atoms with Crippen LogP contribution >= 0.6 is 0 Å². The first-order chi connectivity index (χ1) is 28.7. The van der Waals surface area contributed by atoms with Crippen LogP contribution in [0, 0.1) is 0 Å². The zero-order chi connectivity index (χ0) is 37.9. The predicted molar refractivity (Wildman–Crippen MR) is 248 cm³/mol. The van der Waals surface area contributed by atoms with E-state index in [0.29, 0.717) is 0 Å². The molecule has 12 aromatic carbocycles. The molecule has 0 N–H and O–H groups in total. The Balaban J connectivity index is 1.11. The number of para-hydroxylation sites is 1. The van der Waals surface area contributed by atoms with Crippen LogP contribution in [-0.2, 0) is 0 Å². The molecule has 0 amide bonds. The SMILES string of the molecule is c1ccc2cc(N(c3ccc(-c4cccc5oc6ccccc6c45)cc3)c3cc4ccc5cccc6c7cccc8ccc9cccc(c(c3)c4c56)c9c87)ccc2c1. The third-order valence-electron chi connectivity index (χ3n) is 12.5. The molecule has 0 aliphatic rings. The Hall–Kier alpha value is -7.68. The molecule has 2 nitrogen and oxygen atoms in total. The Morgan fingerprint density at radius 1 is 0.276 bits per heavy atom. The summed E-state index contributed by atoms with van der Waals surface area (Å²) < 4.78 is 6.28. The Kier molecular flexibility index (Phi) is 6.47. The molecule has 58 heavy (non-hydrogen) atoms. The molecule has 0 aliphatic carbocycles. The van der Waals surface area contributed by atoms with Gasteiger partial charge in [0.1, 0.15) is 11.2 Å². The number of benzene rings is 11. The summed E-state index contributed by atoms with van der Waals surface area (Å²) in [7, 11) is 0. The van der Waals surface area contributed by atoms with Gasteiger partial charge in [0, 0.05) is 27.8 Å². The Labute approximate surface area is 333 Å². The molecule has 268 valence electrons. The van der Waals surface area contributed by atoms with Gasteiger partial charge in [-0.1, -0.05) is 152 Å². The highest BCUT2D eigenvalue weighted by atomic mass is 16.3. The van der Waals surface area contributed by atoms with E-state index in [4.69, 9.17) is 4.42 Å². The molecule has 2 heteroatoms. The van der Waals surface area contributed by atoms with Crippen LogP contribution in [0.25, 0.3) is 108 Å². The molecule has 13 rings (SSSR count). The minimum absolute atomic E-state index is 0.904. The summed E-state index contributed by atoms with van der Waals surface area (Å²) in [6.45, 7) is 0. The first kappa shape index (κ1) is 31.5. The first-order valence-electron chi connectivity index (χ1n) is 20.0. The summed E-state index contributed by atoms with van der Waals surface area (Å²) in [6.07, 6.45) is 0. The molecule has 0 fully saturated rings. The van der Waals surface area contributed by atoms with Gasteiger partial charge in [0.2, 0.25) is 0 Å². The second-order valence-corrected chi connectivity index (χ2v) is 15.6. The quantitative estimate of drug-likeness (QED) is 0.167. The molecule has 0 atom stereocenters. The molecule has 0 spiro atoms. The van der Waals surface area contributed by atoms with Gasteiger partial charge >= 0.3 is 0 Å². The Bertz CT molecular complexity index is 3790. The lowest BCUT2D eigenvalue weighted by molar-refractivity contribution is 0.669. The maximum Gasteiger partial charge on any atom is 0.136 e. The fourth-order valence-electron chi connectivity index (χ4n) is 9.97. The van der Waals surface area contributed by atoms with Crippen molar-refractivity contribution >= 4 is 114 Å². The van der Waals surface area contributed by atoms with Crippen molar-refractivity contribution in [2.75, 3.05) is 4.90 Å². The number of hydrogen-bond acceptors (Lipinski definition) is 2. The van der Waals surface area contributed by atoms with E-state index in [2.05, 4.69) is 193 Å². The molecule has 0 bridgehead atoms. The van der Waals surface area contributed by atoms with Crippen LogP contribution in [0.15, 0.2) is 205 Å². The zero-order valence-corrected chi connectivity index (χ0v) is 31.4. The van der Waals surface area contributed by atoms with Crippen LogP contribution in [0.3, 0.4) is 0 Å². The molecule has 0 radical (unpaired) electrons. The van der Waals surface area contributed by atoms with Crippen LogP contribution in [0.1, 0.15) is 0 Å². The van der Waals surface area contributed by atoms with Gasteiger partial charge in [-0.15, -0.1) is 0 Å². The number of furan rings is 1. The van der Waals surface area contributed by atoms with E-state index in [-0.39, 0.29) is 0 Å². The van der Waals surface area contributed by atoms with Crippen LogP contribution in [0.5, 0.6) is 0 Å². The maximum absolute atomic E-state index is 6.28. The van der Waals surface area contributed by atoms with Crippen molar-refractivity contribution < 1.29 is 4.42 Å². The lowest BCUT2D eigenvalue weighted by Crippen LogP contribution is -2.10. The average Bonchev–Trinajstić information content (AvgIpc) is 3.67. The van der Waals surface area contributed by atoms with Crippen LogP contribution in [0.4, 0.5) is 17.1 Å². The van der Waals surface area contributed by atoms with Gasteiger partial charge in [-0.2, -0.15) is 0 Å². The highest BCUT2D eigenvalue weighted by molar-refractivity contribution is 6.37. The third-order valence-corrected chi connectivity index (χ3v) is 12.5. The summed E-state index contributed by atoms with van der Waals surface area (Å²) >= 11 is 0. The van der Waals surface area contributed by atoms with Gasteiger partial charge < -0.3 is 9.32 Å². The predicted octanol–water partition coefficient (Wildman–Crippen LogP) is 16.2. The second-order valence-electron chi connectivity index (χ2n) is 15.6. The van der Waals surface area contributed by atoms with Crippen molar-refractivity contribution in [2.45, 2.75) is 0 Å². The van der Waals surface area contributed by atoms with Gasteiger partial charge in [-0.25, -0.2) is 0 Å². The van der Waals surface area contributed by atoms with Crippen molar-refractivity contribution in [3.8, 4) is 11.1 Å². The molecule has 0 saturated carbocycles. The van der Waals surface area contributed by atoms with Gasteiger partial charge in [0.15, 0.2) is 0 Å². The standard InChI is InChI=1S/C56H33NO/c1-2-10-39-31-42(30-25-34(39)9-1)57(41-28-26-35(27-29-41)44-15-8-20-51-56(44)48-14-3-4-19-50(48)58-51)43-32-40-24-23-38-12-6-17-46-45-16-5-11-36-21-22-37-13-7-18-47(54(37)52(36)45)49(33-43)55(40)53(38)46/h1-33H. The Morgan fingerprint density at radius 2 is 0.776 bits per heavy atom. The van der Waals surface area contributed by atoms with Crippen molar-refractivity contribution in [2.24, 2.45) is 0 Å². The van der Waals surface area contributed by atoms with Crippen LogP contribution in [-0.4, -0.2) is 0 Å². The van der Waals surface area contributed by atoms with E-state index in [1.54, 1.807) is 0 Å². The number of hydrogen-bond donors (Lipinski definition) is 0. The number of anilines is 3. The highest BCUT2D eigenvalue weighted by Crippen LogP contribution is 2.47. The monoisotopic (exact) mass is 735 g/mol. The lowest BCUT2D eigenvalue weighted by Gasteiger charge is -2.27. The maximum atomic E-state index is 6.28. The topological polar surface area (TPSA) is 16.4 Å². The average molecular weight is 736 g/mol. The van der Waals surface area contributed by atoms with Crippen LogP contribution in [0.2, 0.25) is 0 Å². The van der Waals surface area contributed by atoms with E-state index in [1.807, 2.05) is 12.1 Å². The normalized spacial score (nSPS) is 12.1. The summed E-state index contributed by atoms with van der Waals surface area (Å²) in [5.41, 5.74) is 7.44. The van der Waals surface area contributed by atoms with Gasteiger partial charge in [-0.3, -0.25) is 0 Å². The van der Waals surface area contributed by atoms with Crippen molar-refractivity contribution in [3.05, 3.63) is 200 Å². The van der Waals surface area contributed by atoms with E-state index >= 15 is 0 Å². The second kappa shape index (κ2) is 11.9. The minimum Gasteiger partial charge on any atom is -0.456 e. The number of rotatable bonds is 4. The van der Waals surface area contributed by atoms with Crippen molar-refractivity contribution in [1.82, 2.24) is 0 Å². The smallest absolute Gasteiger partial charge is 0.136 e. The fourth-order valence-corrected chi connectivity index (χ4v) is 9.97. The molecule has 13 aromatic rings. The van der Waals surface area contributed by atoms with Gasteiger partial charge in [0.25, 0.3) is 0 Å². The van der Waals surface area contributed by atoms with Crippen molar-refractivity contribution in [3.63, 3.8) is 0 Å². The molecule has 1 heterocycles. The summed E-state index contributed by atoms with van der Waals surface area (Å²) in [4.78, 5) is 2.43. The largest absolute Gasteiger partial charge is 0.456 e. The van der Waals surface area contributed by atoms with E-state index in [9.17, 15) is 0 Å². The summed E-state index contributed by atoms with van der Waals surface area (Å²) in [5.74, 6) is 0. The number of nitrogens with zero attached hydrogens (tertiary/aromatic N) is 1. The van der Waals surface area contributed by atoms with Gasteiger partial charge in [-0.05, 0) is 135 Å². The van der Waals surface area contributed by atoms with E-state index < -0.39 is 0 Å². The first-order valence-corrected chi connectivity index (χ1v) is 20.0. The lowest BCUT2D eigenvalue weighted by atomic mass is 9.87. The molecular formula is C56H33NO. The van der Waals surface area contributed by atoms with Crippen molar-refractivity contribution in [1.29, 1.82) is 0 Å². The van der Waals surface area contributed by atoms with E-state index in [0.717, 1.165) is 44.6 Å². The highest BCUT2D eigenvalue weighted by Gasteiger charge is 2.20. The van der Waals surface area contributed by atoms with Gasteiger partial charge in [0.05, 0.1) is 0 Å². The molecule has 1 aromatic heterocycles. The number of fused-ring (bicyclic) bond motifs is 6. The third kappa shape index (κ3) is 4.48.